The van der Waals surface area contributed by atoms with Gasteiger partial charge in [-0.1, -0.05) is 18.2 Å². The molecule has 4 aromatic rings. The fourth-order valence-corrected chi connectivity index (χ4v) is 3.98. The zero-order valence-corrected chi connectivity index (χ0v) is 15.2. The van der Waals surface area contributed by atoms with Crippen molar-refractivity contribution in [1.29, 1.82) is 0 Å². The lowest BCUT2D eigenvalue weighted by Crippen LogP contribution is -2.15. The van der Waals surface area contributed by atoms with Gasteiger partial charge in [0.1, 0.15) is 17.3 Å². The Balaban J connectivity index is 1.58. The van der Waals surface area contributed by atoms with Crippen LogP contribution in [0.5, 0.6) is 0 Å². The second kappa shape index (κ2) is 7.31. The summed E-state index contributed by atoms with van der Waals surface area (Å²) in [4.78, 5) is 18.8. The number of thioether (sulfide) groups is 1. The maximum absolute atomic E-state index is 13.2. The van der Waals surface area contributed by atoms with E-state index in [0.29, 0.717) is 17.3 Å². The summed E-state index contributed by atoms with van der Waals surface area (Å²) in [5.74, 6) is 0.478. The highest BCUT2D eigenvalue weighted by Gasteiger charge is 2.17. The van der Waals surface area contributed by atoms with Gasteiger partial charge >= 0.3 is 0 Å². The van der Waals surface area contributed by atoms with Gasteiger partial charge in [0.2, 0.25) is 5.91 Å². The minimum atomic E-state index is -0.306. The molecule has 0 atom stereocenters. The number of nitrogens with zero attached hydrogens (tertiary/aromatic N) is 2. The van der Waals surface area contributed by atoms with Crippen molar-refractivity contribution in [3.05, 3.63) is 72.0 Å². The smallest absolute Gasteiger partial charge is 0.235 e. The first kappa shape index (κ1) is 16.8. The SMILES string of the molecule is O=C(CSc1ccccc1)Nc1c(-c2ccc(F)cc2)nc2sccn12. The quantitative estimate of drug-likeness (QED) is 0.497. The Morgan fingerprint density at radius 1 is 1.15 bits per heavy atom. The fraction of sp³-hybridized carbons (Fsp3) is 0.0526. The van der Waals surface area contributed by atoms with Gasteiger partial charge in [-0.3, -0.25) is 9.20 Å². The lowest BCUT2D eigenvalue weighted by atomic mass is 10.1. The van der Waals surface area contributed by atoms with E-state index in [0.717, 1.165) is 15.4 Å². The summed E-state index contributed by atoms with van der Waals surface area (Å²) in [6.45, 7) is 0. The van der Waals surface area contributed by atoms with E-state index < -0.39 is 0 Å². The van der Waals surface area contributed by atoms with E-state index in [2.05, 4.69) is 10.3 Å². The van der Waals surface area contributed by atoms with Crippen LogP contribution in [0.2, 0.25) is 0 Å². The van der Waals surface area contributed by atoms with Crippen LogP contribution in [-0.4, -0.2) is 21.0 Å². The van der Waals surface area contributed by atoms with Gasteiger partial charge in [-0.05, 0) is 36.4 Å². The molecule has 0 spiro atoms. The molecule has 0 aliphatic rings. The molecule has 1 amide bonds. The van der Waals surface area contributed by atoms with E-state index >= 15 is 0 Å². The third-order valence-electron chi connectivity index (χ3n) is 3.75. The lowest BCUT2D eigenvalue weighted by Gasteiger charge is -2.07. The molecule has 0 aliphatic carbocycles. The zero-order valence-electron chi connectivity index (χ0n) is 13.6. The van der Waals surface area contributed by atoms with E-state index in [-0.39, 0.29) is 11.7 Å². The number of nitrogens with one attached hydrogen (secondary N) is 1. The average molecular weight is 383 g/mol. The zero-order chi connectivity index (χ0) is 17.9. The maximum atomic E-state index is 13.2. The molecule has 4 nitrogen and oxygen atoms in total. The van der Waals surface area contributed by atoms with Crippen molar-refractivity contribution in [3.8, 4) is 11.3 Å². The summed E-state index contributed by atoms with van der Waals surface area (Å²) in [7, 11) is 0. The molecule has 7 heteroatoms. The van der Waals surface area contributed by atoms with Crippen LogP contribution in [0.1, 0.15) is 0 Å². The van der Waals surface area contributed by atoms with Crippen LogP contribution in [0.3, 0.4) is 0 Å². The number of rotatable bonds is 5. The predicted octanol–water partition coefficient (Wildman–Crippen LogP) is 4.93. The van der Waals surface area contributed by atoms with Crippen LogP contribution in [0.15, 0.2) is 71.1 Å². The van der Waals surface area contributed by atoms with Crippen LogP contribution in [-0.2, 0) is 4.79 Å². The Morgan fingerprint density at radius 2 is 1.92 bits per heavy atom. The first-order valence-electron chi connectivity index (χ1n) is 7.90. The lowest BCUT2D eigenvalue weighted by molar-refractivity contribution is -0.113. The molecule has 0 bridgehead atoms. The summed E-state index contributed by atoms with van der Waals surface area (Å²) in [5, 5.41) is 4.86. The monoisotopic (exact) mass is 383 g/mol. The minimum Gasteiger partial charge on any atom is -0.309 e. The second-order valence-electron chi connectivity index (χ2n) is 5.52. The Labute approximate surface area is 157 Å². The first-order valence-corrected chi connectivity index (χ1v) is 9.76. The summed E-state index contributed by atoms with van der Waals surface area (Å²) in [5.41, 5.74) is 1.39. The number of hydrogen-bond donors (Lipinski definition) is 1. The highest BCUT2D eigenvalue weighted by Crippen LogP contribution is 2.31. The number of amides is 1. The Morgan fingerprint density at radius 3 is 2.69 bits per heavy atom. The largest absolute Gasteiger partial charge is 0.309 e. The molecule has 0 radical (unpaired) electrons. The highest BCUT2D eigenvalue weighted by atomic mass is 32.2. The molecule has 0 aliphatic heterocycles. The summed E-state index contributed by atoms with van der Waals surface area (Å²) in [6.07, 6.45) is 1.86. The number of carbonyl (C=O) groups is 1. The van der Waals surface area contributed by atoms with E-state index in [1.165, 1.54) is 35.2 Å². The summed E-state index contributed by atoms with van der Waals surface area (Å²) in [6, 6.07) is 15.9. The maximum Gasteiger partial charge on any atom is 0.235 e. The van der Waals surface area contributed by atoms with Gasteiger partial charge in [0, 0.05) is 22.0 Å². The van der Waals surface area contributed by atoms with Gasteiger partial charge in [-0.15, -0.1) is 23.1 Å². The van der Waals surface area contributed by atoms with Crippen molar-refractivity contribution in [2.45, 2.75) is 4.90 Å². The number of hydrogen-bond acceptors (Lipinski definition) is 4. The molecule has 4 rings (SSSR count). The molecule has 0 fully saturated rings. The number of thiazole rings is 1. The van der Waals surface area contributed by atoms with E-state index in [9.17, 15) is 9.18 Å². The van der Waals surface area contributed by atoms with Crippen molar-refractivity contribution < 1.29 is 9.18 Å². The van der Waals surface area contributed by atoms with Crippen molar-refractivity contribution in [1.82, 2.24) is 9.38 Å². The van der Waals surface area contributed by atoms with E-state index in [1.54, 1.807) is 12.1 Å². The summed E-state index contributed by atoms with van der Waals surface area (Å²) >= 11 is 2.95. The predicted molar refractivity (Wildman–Crippen MR) is 104 cm³/mol. The normalized spacial score (nSPS) is 11.0. The number of fused-ring (bicyclic) bond motifs is 1. The van der Waals surface area contributed by atoms with Gasteiger partial charge in [0.05, 0.1) is 5.75 Å². The number of carbonyl (C=O) groups excluding carboxylic acids is 1. The molecule has 1 N–H and O–H groups in total. The molecule has 2 aromatic heterocycles. The van der Waals surface area contributed by atoms with Crippen LogP contribution < -0.4 is 5.32 Å². The molecule has 2 heterocycles. The molecule has 0 saturated heterocycles. The molecule has 2 aromatic carbocycles. The molecular formula is C19H14FN3OS2. The third-order valence-corrected chi connectivity index (χ3v) is 5.52. The van der Waals surface area contributed by atoms with Gasteiger partial charge in [-0.2, -0.15) is 0 Å². The molecule has 0 saturated carbocycles. The topological polar surface area (TPSA) is 46.4 Å². The molecule has 26 heavy (non-hydrogen) atoms. The van der Waals surface area contributed by atoms with Crippen LogP contribution in [0.25, 0.3) is 16.2 Å². The highest BCUT2D eigenvalue weighted by molar-refractivity contribution is 8.00. The summed E-state index contributed by atoms with van der Waals surface area (Å²) < 4.78 is 15.1. The van der Waals surface area contributed by atoms with Gasteiger partial charge < -0.3 is 5.32 Å². The van der Waals surface area contributed by atoms with Crippen molar-refractivity contribution in [2.24, 2.45) is 0 Å². The second-order valence-corrected chi connectivity index (χ2v) is 7.44. The van der Waals surface area contributed by atoms with Gasteiger partial charge in [0.25, 0.3) is 0 Å². The number of anilines is 1. The number of imidazole rings is 1. The Kier molecular flexibility index (Phi) is 4.73. The van der Waals surface area contributed by atoms with E-state index in [1.807, 2.05) is 46.3 Å². The fourth-order valence-electron chi connectivity index (χ4n) is 2.55. The Hall–Kier alpha value is -2.64. The molecule has 0 unspecified atom stereocenters. The van der Waals surface area contributed by atoms with Gasteiger partial charge in [-0.25, -0.2) is 9.37 Å². The number of halogens is 1. The Bertz CT molecular complexity index is 1040. The number of aromatic nitrogens is 2. The number of benzene rings is 2. The van der Waals surface area contributed by atoms with E-state index in [4.69, 9.17) is 0 Å². The molecular weight excluding hydrogens is 369 g/mol. The van der Waals surface area contributed by atoms with Crippen LogP contribution in [0.4, 0.5) is 10.2 Å². The standard InChI is InChI=1S/C19H14FN3OS2/c20-14-8-6-13(7-9-14)17-18(23-10-11-25-19(23)22-17)21-16(24)12-26-15-4-2-1-3-5-15/h1-11H,12H2,(H,21,24). The van der Waals surface area contributed by atoms with Crippen molar-refractivity contribution >= 4 is 39.8 Å². The average Bonchev–Trinajstić information content (AvgIpc) is 3.24. The van der Waals surface area contributed by atoms with Crippen LogP contribution >= 0.6 is 23.1 Å². The van der Waals surface area contributed by atoms with Crippen molar-refractivity contribution in [2.75, 3.05) is 11.1 Å². The van der Waals surface area contributed by atoms with Crippen molar-refractivity contribution in [3.63, 3.8) is 0 Å². The molecule has 130 valence electrons. The third kappa shape index (κ3) is 3.49. The van der Waals surface area contributed by atoms with Gasteiger partial charge in [0.15, 0.2) is 4.96 Å². The first-order chi connectivity index (χ1) is 12.7. The van der Waals surface area contributed by atoms with Crippen LogP contribution in [0, 0.1) is 5.82 Å². The minimum absolute atomic E-state index is 0.116.